The van der Waals surface area contributed by atoms with Crippen molar-refractivity contribution in [2.75, 3.05) is 0 Å². The molecular weight excluding hydrogens is 168 g/mol. The lowest BCUT2D eigenvalue weighted by Gasteiger charge is -2.29. The maximum absolute atomic E-state index is 3.87. The van der Waals surface area contributed by atoms with Crippen molar-refractivity contribution in [3.63, 3.8) is 0 Å². The Hall–Kier alpha value is -0.260. The topological polar surface area (TPSA) is 0 Å². The van der Waals surface area contributed by atoms with Crippen molar-refractivity contribution in [2.24, 2.45) is 17.8 Å². The van der Waals surface area contributed by atoms with Gasteiger partial charge in [0.05, 0.1) is 0 Å². The maximum atomic E-state index is 3.87. The Bertz CT molecular complexity index is 151. The Kier molecular flexibility index (Phi) is 5.29. The first-order valence-corrected chi connectivity index (χ1v) is 6.38. The molecule has 0 aromatic carbocycles. The highest BCUT2D eigenvalue weighted by molar-refractivity contribution is 4.80. The van der Waals surface area contributed by atoms with Gasteiger partial charge in [-0.3, -0.25) is 0 Å². The lowest BCUT2D eigenvalue weighted by atomic mass is 9.77. The van der Waals surface area contributed by atoms with Crippen molar-refractivity contribution >= 4 is 0 Å². The lowest BCUT2D eigenvalue weighted by molar-refractivity contribution is 0.240. The fourth-order valence-electron chi connectivity index (χ4n) is 2.79. The van der Waals surface area contributed by atoms with E-state index in [4.69, 9.17) is 0 Å². The third-order valence-electron chi connectivity index (χ3n) is 3.77. The molecule has 1 aliphatic carbocycles. The molecule has 0 aromatic rings. The Morgan fingerprint density at radius 2 is 1.79 bits per heavy atom. The molecule has 0 saturated heterocycles. The van der Waals surface area contributed by atoms with Crippen molar-refractivity contribution in [3.8, 4) is 0 Å². The minimum atomic E-state index is 0.725. The van der Waals surface area contributed by atoms with Crippen LogP contribution in [0.1, 0.15) is 58.8 Å². The van der Waals surface area contributed by atoms with Gasteiger partial charge in [-0.25, -0.2) is 0 Å². The first-order valence-electron chi connectivity index (χ1n) is 6.38. The summed E-state index contributed by atoms with van der Waals surface area (Å²) in [5, 5.41) is 0. The van der Waals surface area contributed by atoms with Crippen LogP contribution in [0.15, 0.2) is 12.7 Å². The lowest BCUT2D eigenvalue weighted by Crippen LogP contribution is -2.16. The molecule has 0 N–H and O–H groups in total. The molecule has 1 unspecified atom stereocenters. The van der Waals surface area contributed by atoms with Crippen molar-refractivity contribution in [2.45, 2.75) is 58.8 Å². The summed E-state index contributed by atoms with van der Waals surface area (Å²) in [6, 6.07) is 0. The summed E-state index contributed by atoms with van der Waals surface area (Å²) in [4.78, 5) is 0. The van der Waals surface area contributed by atoms with Gasteiger partial charge in [0.2, 0.25) is 0 Å². The number of hydrogen-bond acceptors (Lipinski definition) is 0. The van der Waals surface area contributed by atoms with Crippen LogP contribution >= 0.6 is 0 Å². The summed E-state index contributed by atoms with van der Waals surface area (Å²) >= 11 is 0. The molecule has 82 valence electrons. The second kappa shape index (κ2) is 6.27. The van der Waals surface area contributed by atoms with Crippen LogP contribution in [0.3, 0.4) is 0 Å². The molecule has 0 heterocycles. The third kappa shape index (κ3) is 3.86. The first-order chi connectivity index (χ1) is 6.76. The third-order valence-corrected chi connectivity index (χ3v) is 3.77. The fraction of sp³-hybridized carbons (Fsp3) is 0.857. The maximum Gasteiger partial charge on any atom is -0.0262 e. The number of allylic oxidation sites excluding steroid dienone is 1. The predicted octanol–water partition coefficient (Wildman–Crippen LogP) is 4.81. The fourth-order valence-corrected chi connectivity index (χ4v) is 2.79. The van der Waals surface area contributed by atoms with Crippen molar-refractivity contribution in [3.05, 3.63) is 12.7 Å². The Morgan fingerprint density at radius 1 is 1.21 bits per heavy atom. The van der Waals surface area contributed by atoms with E-state index in [-0.39, 0.29) is 0 Å². The van der Waals surface area contributed by atoms with Gasteiger partial charge in [-0.15, -0.1) is 6.58 Å². The monoisotopic (exact) mass is 194 g/mol. The quantitative estimate of drug-likeness (QED) is 0.551. The van der Waals surface area contributed by atoms with Gasteiger partial charge in [0, 0.05) is 0 Å². The minimum absolute atomic E-state index is 0.725. The molecule has 1 aliphatic rings. The molecule has 1 fully saturated rings. The molecule has 0 nitrogen and oxygen atoms in total. The van der Waals surface area contributed by atoms with Gasteiger partial charge in [0.1, 0.15) is 0 Å². The van der Waals surface area contributed by atoms with Gasteiger partial charge >= 0.3 is 0 Å². The number of rotatable bonds is 5. The highest BCUT2D eigenvalue weighted by atomic mass is 14.3. The zero-order valence-electron chi connectivity index (χ0n) is 9.97. The average molecular weight is 194 g/mol. The molecule has 0 amide bonds. The van der Waals surface area contributed by atoms with Crippen LogP contribution in [0.25, 0.3) is 0 Å². The van der Waals surface area contributed by atoms with Crippen molar-refractivity contribution < 1.29 is 0 Å². The summed E-state index contributed by atoms with van der Waals surface area (Å²) in [6.07, 6.45) is 12.2. The molecule has 1 saturated carbocycles. The highest BCUT2D eigenvalue weighted by Crippen LogP contribution is 2.34. The summed E-state index contributed by atoms with van der Waals surface area (Å²) < 4.78 is 0. The second-order valence-corrected chi connectivity index (χ2v) is 5.12. The largest absolute Gasteiger partial charge is 0.103 e. The molecule has 1 atom stereocenters. The van der Waals surface area contributed by atoms with Crippen molar-refractivity contribution in [1.82, 2.24) is 0 Å². The molecule has 0 aliphatic heterocycles. The Labute approximate surface area is 89.8 Å². The van der Waals surface area contributed by atoms with Crippen LogP contribution in [0.2, 0.25) is 0 Å². The normalized spacial score (nSPS) is 29.9. The van der Waals surface area contributed by atoms with Crippen LogP contribution < -0.4 is 0 Å². The van der Waals surface area contributed by atoms with Gasteiger partial charge in [0.25, 0.3) is 0 Å². The predicted molar refractivity (Wildman–Crippen MR) is 64.3 cm³/mol. The Balaban J connectivity index is 2.18. The molecule has 1 rings (SSSR count). The van der Waals surface area contributed by atoms with Gasteiger partial charge in [0.15, 0.2) is 0 Å². The van der Waals surface area contributed by atoms with Gasteiger partial charge in [-0.1, -0.05) is 58.4 Å². The first kappa shape index (κ1) is 11.8. The van der Waals surface area contributed by atoms with Crippen LogP contribution in [0, 0.1) is 17.8 Å². The number of hydrogen-bond donors (Lipinski definition) is 0. The zero-order valence-corrected chi connectivity index (χ0v) is 9.97. The van der Waals surface area contributed by atoms with E-state index in [1.807, 2.05) is 0 Å². The molecular formula is C14H26. The summed E-state index contributed by atoms with van der Waals surface area (Å²) in [6.45, 7) is 8.48. The van der Waals surface area contributed by atoms with Crippen LogP contribution in [0.5, 0.6) is 0 Å². The molecule has 14 heavy (non-hydrogen) atoms. The molecule has 0 aromatic heterocycles. The smallest absolute Gasteiger partial charge is 0.0262 e. The van der Waals surface area contributed by atoms with E-state index in [0.717, 1.165) is 17.8 Å². The molecule has 0 radical (unpaired) electrons. The van der Waals surface area contributed by atoms with E-state index in [2.05, 4.69) is 26.5 Å². The minimum Gasteiger partial charge on any atom is -0.103 e. The van der Waals surface area contributed by atoms with Gasteiger partial charge in [-0.05, 0) is 24.2 Å². The molecule has 0 spiro atoms. The zero-order chi connectivity index (χ0) is 10.4. The van der Waals surface area contributed by atoms with Gasteiger partial charge in [-0.2, -0.15) is 0 Å². The van der Waals surface area contributed by atoms with E-state index >= 15 is 0 Å². The van der Waals surface area contributed by atoms with Crippen LogP contribution in [-0.4, -0.2) is 0 Å². The van der Waals surface area contributed by atoms with E-state index in [9.17, 15) is 0 Å². The van der Waals surface area contributed by atoms with Gasteiger partial charge < -0.3 is 0 Å². The van der Waals surface area contributed by atoms with E-state index < -0.39 is 0 Å². The standard InChI is InChI=1S/C14H26/c1-4-6-13-7-9-14(10-8-13)11-12(3)5-2/h5,12-14H,2,4,6-11H2,1,3H3. The molecule has 0 heteroatoms. The summed E-state index contributed by atoms with van der Waals surface area (Å²) in [7, 11) is 0. The second-order valence-electron chi connectivity index (χ2n) is 5.12. The summed E-state index contributed by atoms with van der Waals surface area (Å²) in [5.41, 5.74) is 0. The van der Waals surface area contributed by atoms with Crippen LogP contribution in [0.4, 0.5) is 0 Å². The average Bonchev–Trinajstić information content (AvgIpc) is 2.21. The summed E-state index contributed by atoms with van der Waals surface area (Å²) in [5.74, 6) is 2.77. The van der Waals surface area contributed by atoms with E-state index in [1.54, 1.807) is 0 Å². The SMILES string of the molecule is C=CC(C)CC1CCC(CCC)CC1. The Morgan fingerprint density at radius 3 is 2.29 bits per heavy atom. The van der Waals surface area contributed by atoms with Crippen LogP contribution in [-0.2, 0) is 0 Å². The molecule has 0 bridgehead atoms. The van der Waals surface area contributed by atoms with Crippen molar-refractivity contribution in [1.29, 1.82) is 0 Å². The highest BCUT2D eigenvalue weighted by Gasteiger charge is 2.21. The van der Waals surface area contributed by atoms with E-state index in [1.165, 1.54) is 44.9 Å². The van der Waals surface area contributed by atoms with E-state index in [0.29, 0.717) is 0 Å².